The van der Waals surface area contributed by atoms with E-state index in [1.165, 1.54) is 8.66 Å². The fraction of sp³-hybridized carbons (Fsp3) is 0.647. The number of nitrogens with zero attached hydrogens (tertiary/aromatic N) is 3. The third kappa shape index (κ3) is 4.57. The fourth-order valence-electron chi connectivity index (χ4n) is 3.52. The lowest BCUT2D eigenvalue weighted by atomic mass is 10.00. The van der Waals surface area contributed by atoms with Gasteiger partial charge in [0.25, 0.3) is 0 Å². The first-order chi connectivity index (χ1) is 11.6. The van der Waals surface area contributed by atoms with Gasteiger partial charge in [-0.3, -0.25) is 14.6 Å². The van der Waals surface area contributed by atoms with Gasteiger partial charge in [-0.05, 0) is 53.7 Å². The van der Waals surface area contributed by atoms with E-state index in [0.717, 1.165) is 58.4 Å². The van der Waals surface area contributed by atoms with Crippen molar-refractivity contribution in [2.24, 2.45) is 0 Å². The Balaban J connectivity index is 1.42. The van der Waals surface area contributed by atoms with Gasteiger partial charge in [-0.1, -0.05) is 0 Å². The van der Waals surface area contributed by atoms with Gasteiger partial charge in [-0.2, -0.15) is 5.26 Å². The summed E-state index contributed by atoms with van der Waals surface area (Å²) in [7, 11) is 0. The number of halogens is 1. The van der Waals surface area contributed by atoms with E-state index in [4.69, 9.17) is 0 Å². The summed E-state index contributed by atoms with van der Waals surface area (Å²) in [4.78, 5) is 18.3. The predicted octanol–water partition coefficient (Wildman–Crippen LogP) is 2.58. The Hall–Kier alpha value is -0.940. The van der Waals surface area contributed by atoms with E-state index in [9.17, 15) is 10.1 Å². The van der Waals surface area contributed by atoms with E-state index < -0.39 is 5.54 Å². The molecule has 1 aromatic heterocycles. The lowest BCUT2D eigenvalue weighted by molar-refractivity contribution is -0.124. The molecule has 0 atom stereocenters. The third-order valence-electron chi connectivity index (χ3n) is 4.89. The van der Waals surface area contributed by atoms with Gasteiger partial charge in [0.15, 0.2) is 0 Å². The number of nitrogens with one attached hydrogen (secondary N) is 1. The highest BCUT2D eigenvalue weighted by Crippen LogP contribution is 2.28. The normalized spacial score (nSPS) is 21.5. The maximum atomic E-state index is 12.3. The summed E-state index contributed by atoms with van der Waals surface area (Å²) in [5.41, 5.74) is -0.606. The average molecular weight is 411 g/mol. The Morgan fingerprint density at radius 2 is 1.92 bits per heavy atom. The molecular weight excluding hydrogens is 388 g/mol. The van der Waals surface area contributed by atoms with E-state index in [1.807, 2.05) is 0 Å². The van der Waals surface area contributed by atoms with Gasteiger partial charge < -0.3 is 5.32 Å². The van der Waals surface area contributed by atoms with Crippen LogP contribution in [0.25, 0.3) is 0 Å². The zero-order valence-electron chi connectivity index (χ0n) is 13.8. The molecule has 24 heavy (non-hydrogen) atoms. The molecule has 3 rings (SSSR count). The largest absolute Gasteiger partial charge is 0.337 e. The molecule has 0 unspecified atom stereocenters. The van der Waals surface area contributed by atoms with E-state index in [0.29, 0.717) is 6.54 Å². The lowest BCUT2D eigenvalue weighted by Gasteiger charge is -2.34. The van der Waals surface area contributed by atoms with Crippen molar-refractivity contribution in [3.63, 3.8) is 0 Å². The van der Waals surface area contributed by atoms with Crippen LogP contribution >= 0.6 is 27.3 Å². The highest BCUT2D eigenvalue weighted by molar-refractivity contribution is 9.11. The molecular formula is C17H23BrN4OS. The van der Waals surface area contributed by atoms with Gasteiger partial charge in [-0.25, -0.2) is 0 Å². The summed E-state index contributed by atoms with van der Waals surface area (Å²) >= 11 is 5.28. The average Bonchev–Trinajstić information content (AvgIpc) is 3.19. The van der Waals surface area contributed by atoms with E-state index in [-0.39, 0.29) is 5.91 Å². The van der Waals surface area contributed by atoms with Gasteiger partial charge in [0.2, 0.25) is 5.91 Å². The smallest absolute Gasteiger partial charge is 0.235 e. The molecule has 0 spiro atoms. The molecule has 2 fully saturated rings. The highest BCUT2D eigenvalue weighted by atomic mass is 79.9. The quantitative estimate of drug-likeness (QED) is 0.809. The minimum Gasteiger partial charge on any atom is -0.337 e. The summed E-state index contributed by atoms with van der Waals surface area (Å²) in [5.74, 6) is -0.00547. The molecule has 0 radical (unpaired) electrons. The van der Waals surface area contributed by atoms with Crippen LogP contribution in [0.1, 0.15) is 30.6 Å². The number of piperazine rings is 1. The molecule has 5 nitrogen and oxygen atoms in total. The maximum Gasteiger partial charge on any atom is 0.235 e. The summed E-state index contributed by atoms with van der Waals surface area (Å²) in [6.45, 7) is 5.15. The lowest BCUT2D eigenvalue weighted by Crippen LogP contribution is -2.52. The predicted molar refractivity (Wildman–Crippen MR) is 98.7 cm³/mol. The number of hydrogen-bond acceptors (Lipinski definition) is 5. The Morgan fingerprint density at radius 1 is 1.25 bits per heavy atom. The second-order valence-electron chi connectivity index (χ2n) is 6.71. The number of thiophene rings is 1. The van der Waals surface area contributed by atoms with Crippen molar-refractivity contribution < 1.29 is 4.79 Å². The Bertz CT molecular complexity index is 612. The van der Waals surface area contributed by atoms with Gasteiger partial charge in [0.05, 0.1) is 16.4 Å². The number of hydrogen-bond donors (Lipinski definition) is 1. The van der Waals surface area contributed by atoms with Gasteiger partial charge in [-0.15, -0.1) is 11.3 Å². The van der Waals surface area contributed by atoms with Crippen LogP contribution in [-0.2, 0) is 11.3 Å². The minimum atomic E-state index is -0.606. The molecule has 1 saturated heterocycles. The summed E-state index contributed by atoms with van der Waals surface area (Å²) in [6.07, 6.45) is 3.65. The molecule has 2 aliphatic rings. The summed E-state index contributed by atoms with van der Waals surface area (Å²) < 4.78 is 1.17. The number of carbonyl (C=O) groups excluding carboxylic acids is 1. The zero-order chi connectivity index (χ0) is 17.0. The van der Waals surface area contributed by atoms with Crippen molar-refractivity contribution in [1.29, 1.82) is 5.26 Å². The Morgan fingerprint density at radius 3 is 2.50 bits per heavy atom. The molecule has 2 heterocycles. The SMILES string of the molecule is N#CC1(NC(=O)CN2CCN(Cc3ccc(Br)s3)CC2)CCCC1. The van der Waals surface area contributed by atoms with E-state index in [1.54, 1.807) is 11.3 Å². The van der Waals surface area contributed by atoms with Crippen LogP contribution in [0.2, 0.25) is 0 Å². The zero-order valence-corrected chi connectivity index (χ0v) is 16.2. The molecule has 1 aromatic rings. The maximum absolute atomic E-state index is 12.3. The summed E-state index contributed by atoms with van der Waals surface area (Å²) in [6, 6.07) is 6.58. The van der Waals surface area contributed by atoms with Crippen molar-refractivity contribution in [2.75, 3.05) is 32.7 Å². The van der Waals surface area contributed by atoms with Crippen LogP contribution in [0.5, 0.6) is 0 Å². The van der Waals surface area contributed by atoms with Crippen molar-refractivity contribution in [2.45, 2.75) is 37.8 Å². The highest BCUT2D eigenvalue weighted by Gasteiger charge is 2.35. The second kappa shape index (κ2) is 7.96. The molecule has 7 heteroatoms. The van der Waals surface area contributed by atoms with Crippen molar-refractivity contribution in [3.05, 3.63) is 20.8 Å². The molecule has 0 bridgehead atoms. The number of rotatable bonds is 5. The molecule has 130 valence electrons. The molecule has 1 saturated carbocycles. The molecule has 1 aliphatic carbocycles. The second-order valence-corrected chi connectivity index (χ2v) is 9.25. The number of carbonyl (C=O) groups is 1. The van der Waals surface area contributed by atoms with Gasteiger partial charge in [0.1, 0.15) is 5.54 Å². The first kappa shape index (κ1) is 17.9. The van der Waals surface area contributed by atoms with Crippen LogP contribution in [0.15, 0.2) is 15.9 Å². The van der Waals surface area contributed by atoms with Crippen molar-refractivity contribution in [1.82, 2.24) is 15.1 Å². The monoisotopic (exact) mass is 410 g/mol. The van der Waals surface area contributed by atoms with Crippen molar-refractivity contribution in [3.8, 4) is 6.07 Å². The molecule has 1 amide bonds. The van der Waals surface area contributed by atoms with Gasteiger partial charge >= 0.3 is 0 Å². The first-order valence-electron chi connectivity index (χ1n) is 8.50. The number of nitriles is 1. The van der Waals surface area contributed by atoms with E-state index in [2.05, 4.69) is 49.2 Å². The van der Waals surface area contributed by atoms with Gasteiger partial charge in [0, 0.05) is 37.6 Å². The minimum absolute atomic E-state index is 0.00547. The topological polar surface area (TPSA) is 59.4 Å². The molecule has 1 N–H and O–H groups in total. The third-order valence-corrected chi connectivity index (χ3v) is 6.50. The van der Waals surface area contributed by atoms with E-state index >= 15 is 0 Å². The number of amides is 1. The van der Waals surface area contributed by atoms with Crippen LogP contribution in [-0.4, -0.2) is 54.0 Å². The first-order valence-corrected chi connectivity index (χ1v) is 10.1. The summed E-state index contributed by atoms with van der Waals surface area (Å²) in [5, 5.41) is 12.3. The van der Waals surface area contributed by atoms with Crippen LogP contribution < -0.4 is 5.32 Å². The Kier molecular flexibility index (Phi) is 5.93. The van der Waals surface area contributed by atoms with Crippen molar-refractivity contribution >= 4 is 33.2 Å². The fourth-order valence-corrected chi connectivity index (χ4v) is 5.04. The van der Waals surface area contributed by atoms with Crippen LogP contribution in [0.4, 0.5) is 0 Å². The molecule has 1 aliphatic heterocycles. The van der Waals surface area contributed by atoms with Crippen LogP contribution in [0, 0.1) is 11.3 Å². The molecule has 0 aromatic carbocycles. The standard InChI is InChI=1S/C17H23BrN4OS/c18-15-4-3-14(24-15)11-21-7-9-22(10-8-21)12-16(23)20-17(13-19)5-1-2-6-17/h3-4H,1-2,5-12H2,(H,20,23). The Labute approximate surface area is 155 Å². The van der Waals surface area contributed by atoms with Crippen LogP contribution in [0.3, 0.4) is 0 Å².